The highest BCUT2D eigenvalue weighted by Gasteiger charge is 2.07. The standard InChI is InChI=1S/C28H19NO/c1-2-7-20-16-22(13-12-19(20)6-1)21-8-5-9-23(17-21)29-24-14-15-26-25-10-3-4-11-27(25)30-28(26)18-24/h1-18,29H. The third-order valence-corrected chi connectivity index (χ3v) is 5.61. The van der Waals surface area contributed by atoms with E-state index in [0.29, 0.717) is 0 Å². The van der Waals surface area contributed by atoms with Crippen LogP contribution in [0.2, 0.25) is 0 Å². The largest absolute Gasteiger partial charge is 0.456 e. The van der Waals surface area contributed by atoms with Crippen LogP contribution < -0.4 is 5.32 Å². The lowest BCUT2D eigenvalue weighted by Gasteiger charge is -2.09. The third kappa shape index (κ3) is 2.90. The van der Waals surface area contributed by atoms with Gasteiger partial charge in [-0.05, 0) is 58.3 Å². The van der Waals surface area contributed by atoms with Crippen LogP contribution in [-0.4, -0.2) is 0 Å². The Morgan fingerprint density at radius 3 is 2.20 bits per heavy atom. The second-order valence-electron chi connectivity index (χ2n) is 7.58. The van der Waals surface area contributed by atoms with Crippen LogP contribution in [0.3, 0.4) is 0 Å². The lowest BCUT2D eigenvalue weighted by Crippen LogP contribution is -1.90. The van der Waals surface area contributed by atoms with Gasteiger partial charge < -0.3 is 9.73 Å². The van der Waals surface area contributed by atoms with Crippen molar-refractivity contribution >= 4 is 44.1 Å². The Labute approximate surface area is 174 Å². The van der Waals surface area contributed by atoms with E-state index >= 15 is 0 Å². The molecule has 5 aromatic carbocycles. The van der Waals surface area contributed by atoms with Crippen molar-refractivity contribution in [1.29, 1.82) is 0 Å². The molecule has 142 valence electrons. The average molecular weight is 385 g/mol. The zero-order valence-corrected chi connectivity index (χ0v) is 16.3. The fraction of sp³-hybridized carbons (Fsp3) is 0. The summed E-state index contributed by atoms with van der Waals surface area (Å²) in [6.07, 6.45) is 0. The molecule has 0 unspecified atom stereocenters. The molecule has 1 N–H and O–H groups in total. The molecular formula is C28H19NO. The summed E-state index contributed by atoms with van der Waals surface area (Å²) in [5.41, 5.74) is 6.28. The first kappa shape index (κ1) is 16.9. The summed E-state index contributed by atoms with van der Waals surface area (Å²) in [7, 11) is 0. The van der Waals surface area contributed by atoms with Crippen LogP contribution in [-0.2, 0) is 0 Å². The van der Waals surface area contributed by atoms with E-state index in [2.05, 4.69) is 96.3 Å². The van der Waals surface area contributed by atoms with Gasteiger partial charge in [0.2, 0.25) is 0 Å². The van der Waals surface area contributed by atoms with Gasteiger partial charge in [0, 0.05) is 28.2 Å². The maximum Gasteiger partial charge on any atom is 0.137 e. The predicted octanol–water partition coefficient (Wildman–Crippen LogP) is 8.15. The Balaban J connectivity index is 1.35. The Morgan fingerprint density at radius 1 is 0.467 bits per heavy atom. The Hall–Kier alpha value is -4.04. The van der Waals surface area contributed by atoms with Crippen LogP contribution in [0.4, 0.5) is 11.4 Å². The minimum absolute atomic E-state index is 0.895. The molecule has 0 saturated heterocycles. The number of para-hydroxylation sites is 1. The van der Waals surface area contributed by atoms with Gasteiger partial charge in [-0.2, -0.15) is 0 Å². The van der Waals surface area contributed by atoms with Gasteiger partial charge in [0.05, 0.1) is 0 Å². The molecule has 0 saturated carbocycles. The summed E-state index contributed by atoms with van der Waals surface area (Å²) in [5, 5.41) is 8.33. The number of anilines is 2. The van der Waals surface area contributed by atoms with Crippen LogP contribution in [0.25, 0.3) is 43.8 Å². The Bertz CT molecular complexity index is 1530. The number of nitrogens with one attached hydrogen (secondary N) is 1. The number of hydrogen-bond donors (Lipinski definition) is 1. The minimum atomic E-state index is 0.895. The average Bonchev–Trinajstić information content (AvgIpc) is 3.17. The molecular weight excluding hydrogens is 366 g/mol. The molecule has 0 aliphatic carbocycles. The molecule has 2 nitrogen and oxygen atoms in total. The monoisotopic (exact) mass is 385 g/mol. The molecule has 1 aromatic heterocycles. The van der Waals surface area contributed by atoms with Gasteiger partial charge in [-0.1, -0.05) is 66.7 Å². The van der Waals surface area contributed by atoms with Crippen molar-refractivity contribution in [3.63, 3.8) is 0 Å². The van der Waals surface area contributed by atoms with Crippen molar-refractivity contribution in [2.45, 2.75) is 0 Å². The molecule has 0 aliphatic heterocycles. The Morgan fingerprint density at radius 2 is 1.23 bits per heavy atom. The van der Waals surface area contributed by atoms with Crippen molar-refractivity contribution in [3.05, 3.63) is 109 Å². The molecule has 6 aromatic rings. The fourth-order valence-electron chi connectivity index (χ4n) is 4.12. The van der Waals surface area contributed by atoms with Gasteiger partial charge in [-0.25, -0.2) is 0 Å². The van der Waals surface area contributed by atoms with Crippen molar-refractivity contribution in [1.82, 2.24) is 0 Å². The minimum Gasteiger partial charge on any atom is -0.456 e. The molecule has 30 heavy (non-hydrogen) atoms. The van der Waals surface area contributed by atoms with Crippen LogP contribution in [0.5, 0.6) is 0 Å². The zero-order valence-electron chi connectivity index (χ0n) is 16.3. The van der Waals surface area contributed by atoms with Crippen LogP contribution >= 0.6 is 0 Å². The summed E-state index contributed by atoms with van der Waals surface area (Å²) in [4.78, 5) is 0. The lowest BCUT2D eigenvalue weighted by atomic mass is 10.0. The van der Waals surface area contributed by atoms with Crippen molar-refractivity contribution < 1.29 is 4.42 Å². The van der Waals surface area contributed by atoms with Crippen molar-refractivity contribution in [3.8, 4) is 11.1 Å². The van der Waals surface area contributed by atoms with Crippen LogP contribution in [0.1, 0.15) is 0 Å². The maximum atomic E-state index is 6.02. The van der Waals surface area contributed by atoms with Crippen LogP contribution in [0, 0.1) is 0 Å². The van der Waals surface area contributed by atoms with E-state index in [-0.39, 0.29) is 0 Å². The number of hydrogen-bond acceptors (Lipinski definition) is 2. The van der Waals surface area contributed by atoms with Crippen molar-refractivity contribution in [2.24, 2.45) is 0 Å². The van der Waals surface area contributed by atoms with Gasteiger partial charge in [0.1, 0.15) is 11.2 Å². The van der Waals surface area contributed by atoms with E-state index in [9.17, 15) is 0 Å². The first-order valence-electron chi connectivity index (χ1n) is 10.1. The van der Waals surface area contributed by atoms with E-state index in [4.69, 9.17) is 4.42 Å². The molecule has 0 radical (unpaired) electrons. The molecule has 0 atom stereocenters. The van der Waals surface area contributed by atoms with E-state index in [1.54, 1.807) is 0 Å². The lowest BCUT2D eigenvalue weighted by molar-refractivity contribution is 0.669. The van der Waals surface area contributed by atoms with Gasteiger partial charge in [0.15, 0.2) is 0 Å². The first-order valence-corrected chi connectivity index (χ1v) is 10.1. The molecule has 0 spiro atoms. The summed E-state index contributed by atoms with van der Waals surface area (Å²) in [6, 6.07) is 38.0. The second kappa shape index (κ2) is 6.78. The van der Waals surface area contributed by atoms with E-state index < -0.39 is 0 Å². The smallest absolute Gasteiger partial charge is 0.137 e. The summed E-state index contributed by atoms with van der Waals surface area (Å²) >= 11 is 0. The fourth-order valence-corrected chi connectivity index (χ4v) is 4.12. The normalized spacial score (nSPS) is 11.3. The SMILES string of the molecule is c1cc(Nc2ccc3c(c2)oc2ccccc23)cc(-c2ccc3ccccc3c2)c1. The zero-order chi connectivity index (χ0) is 19.9. The van der Waals surface area contributed by atoms with Gasteiger partial charge >= 0.3 is 0 Å². The van der Waals surface area contributed by atoms with E-state index in [0.717, 1.165) is 33.3 Å². The summed E-state index contributed by atoms with van der Waals surface area (Å²) in [5.74, 6) is 0. The number of furan rings is 1. The van der Waals surface area contributed by atoms with Gasteiger partial charge in [-0.15, -0.1) is 0 Å². The first-order chi connectivity index (χ1) is 14.8. The number of benzene rings is 5. The highest BCUT2D eigenvalue weighted by Crippen LogP contribution is 2.32. The molecule has 0 amide bonds. The van der Waals surface area contributed by atoms with E-state index in [1.165, 1.54) is 21.9 Å². The number of rotatable bonds is 3. The second-order valence-corrected chi connectivity index (χ2v) is 7.58. The van der Waals surface area contributed by atoms with Crippen molar-refractivity contribution in [2.75, 3.05) is 5.32 Å². The highest BCUT2D eigenvalue weighted by molar-refractivity contribution is 6.05. The maximum absolute atomic E-state index is 6.02. The molecule has 0 bridgehead atoms. The highest BCUT2D eigenvalue weighted by atomic mass is 16.3. The summed E-state index contributed by atoms with van der Waals surface area (Å²) in [6.45, 7) is 0. The molecule has 2 heteroatoms. The molecule has 1 heterocycles. The summed E-state index contributed by atoms with van der Waals surface area (Å²) < 4.78 is 6.02. The topological polar surface area (TPSA) is 25.2 Å². The van der Waals surface area contributed by atoms with Gasteiger partial charge in [0.25, 0.3) is 0 Å². The quantitative estimate of drug-likeness (QED) is 0.332. The Kier molecular flexibility index (Phi) is 3.82. The van der Waals surface area contributed by atoms with Gasteiger partial charge in [-0.3, -0.25) is 0 Å². The molecule has 6 rings (SSSR count). The molecule has 0 aliphatic rings. The molecule has 0 fully saturated rings. The van der Waals surface area contributed by atoms with Crippen LogP contribution in [0.15, 0.2) is 114 Å². The van der Waals surface area contributed by atoms with E-state index in [1.807, 2.05) is 18.2 Å². The predicted molar refractivity (Wildman–Crippen MR) is 126 cm³/mol. The number of fused-ring (bicyclic) bond motifs is 4. The third-order valence-electron chi connectivity index (χ3n) is 5.61.